The second kappa shape index (κ2) is 8.60. The summed E-state index contributed by atoms with van der Waals surface area (Å²) in [4.78, 5) is 13.7. The minimum Gasteiger partial charge on any atom is -0.480 e. The Morgan fingerprint density at radius 2 is 2.30 bits per heavy atom. The summed E-state index contributed by atoms with van der Waals surface area (Å²) in [5.74, 6) is -0.172. The van der Waals surface area contributed by atoms with Crippen molar-refractivity contribution in [3.05, 3.63) is 0 Å². The minimum absolute atomic E-state index is 0.591. The molecule has 0 aromatic carbocycles. The van der Waals surface area contributed by atoms with Crippen LogP contribution in [0.2, 0.25) is 0 Å². The fourth-order valence-electron chi connectivity index (χ4n) is 2.57. The lowest BCUT2D eigenvalue weighted by molar-refractivity contribution is -0.144. The first-order chi connectivity index (χ1) is 9.48. The van der Waals surface area contributed by atoms with Gasteiger partial charge in [0.1, 0.15) is 5.54 Å². The molecule has 1 saturated heterocycles. The zero-order valence-corrected chi connectivity index (χ0v) is 13.2. The van der Waals surface area contributed by atoms with Gasteiger partial charge in [0.05, 0.1) is 6.61 Å². The van der Waals surface area contributed by atoms with Gasteiger partial charge in [-0.3, -0.25) is 4.79 Å². The third kappa shape index (κ3) is 5.77. The van der Waals surface area contributed by atoms with E-state index in [1.807, 2.05) is 6.92 Å². The van der Waals surface area contributed by atoms with Crippen LogP contribution in [0.4, 0.5) is 0 Å². The number of carboxylic acids is 1. The quantitative estimate of drug-likeness (QED) is 0.674. The first-order valence-corrected chi connectivity index (χ1v) is 7.72. The number of nitrogens with one attached hydrogen (secondary N) is 1. The highest BCUT2D eigenvalue weighted by Gasteiger charge is 2.32. The number of carbonyl (C=O) groups is 1. The molecule has 2 unspecified atom stereocenters. The Morgan fingerprint density at radius 3 is 2.85 bits per heavy atom. The fraction of sp³-hybridized carbons (Fsp3) is 0.933. The van der Waals surface area contributed by atoms with E-state index in [9.17, 15) is 9.90 Å². The smallest absolute Gasteiger partial charge is 0.323 e. The maximum Gasteiger partial charge on any atom is 0.323 e. The van der Waals surface area contributed by atoms with Gasteiger partial charge in [-0.15, -0.1) is 0 Å². The molecule has 1 rings (SSSR count). The topological polar surface area (TPSA) is 61.8 Å². The van der Waals surface area contributed by atoms with Gasteiger partial charge in [-0.1, -0.05) is 6.92 Å². The highest BCUT2D eigenvalue weighted by atomic mass is 16.5. The number of nitrogens with zero attached hydrogens (tertiary/aromatic N) is 1. The van der Waals surface area contributed by atoms with E-state index in [0.717, 1.165) is 45.7 Å². The van der Waals surface area contributed by atoms with Crippen molar-refractivity contribution in [2.45, 2.75) is 45.1 Å². The summed E-state index contributed by atoms with van der Waals surface area (Å²) in [6.07, 6.45) is 3.92. The number of hydrogen-bond donors (Lipinski definition) is 2. The maximum absolute atomic E-state index is 11.4. The summed E-state index contributed by atoms with van der Waals surface area (Å²) < 4.78 is 5.49. The van der Waals surface area contributed by atoms with Crippen molar-refractivity contribution >= 4 is 5.97 Å². The zero-order valence-electron chi connectivity index (χ0n) is 13.2. The van der Waals surface area contributed by atoms with Crippen LogP contribution in [-0.4, -0.2) is 61.4 Å². The van der Waals surface area contributed by atoms with Crippen LogP contribution in [0.5, 0.6) is 0 Å². The van der Waals surface area contributed by atoms with Crippen LogP contribution in [0, 0.1) is 5.92 Å². The fourth-order valence-corrected chi connectivity index (χ4v) is 2.57. The summed E-state index contributed by atoms with van der Waals surface area (Å²) in [7, 11) is 2.07. The monoisotopic (exact) mass is 286 g/mol. The molecule has 20 heavy (non-hydrogen) atoms. The Labute approximate surface area is 122 Å². The average molecular weight is 286 g/mol. The SMILES string of the molecule is CCCNC(C)(CCN(C)CC1CCCOC1)C(=O)O. The van der Waals surface area contributed by atoms with Gasteiger partial charge in [0.25, 0.3) is 0 Å². The van der Waals surface area contributed by atoms with Crippen LogP contribution in [0.15, 0.2) is 0 Å². The number of carboxylic acid groups (broad SMARTS) is 1. The van der Waals surface area contributed by atoms with E-state index in [0.29, 0.717) is 12.3 Å². The summed E-state index contributed by atoms with van der Waals surface area (Å²) in [5, 5.41) is 12.5. The van der Waals surface area contributed by atoms with E-state index in [1.165, 1.54) is 6.42 Å². The molecule has 0 saturated carbocycles. The van der Waals surface area contributed by atoms with Gasteiger partial charge >= 0.3 is 5.97 Å². The van der Waals surface area contributed by atoms with E-state index in [1.54, 1.807) is 6.92 Å². The lowest BCUT2D eigenvalue weighted by Crippen LogP contribution is -2.51. The van der Waals surface area contributed by atoms with E-state index < -0.39 is 11.5 Å². The van der Waals surface area contributed by atoms with Gasteiger partial charge in [0.15, 0.2) is 0 Å². The molecule has 0 bridgehead atoms. The van der Waals surface area contributed by atoms with Crippen molar-refractivity contribution in [2.75, 3.05) is 39.9 Å². The predicted molar refractivity (Wildman–Crippen MR) is 80.0 cm³/mol. The normalized spacial score (nSPS) is 22.7. The molecule has 2 atom stereocenters. The van der Waals surface area contributed by atoms with E-state index in [4.69, 9.17) is 4.74 Å². The summed E-state index contributed by atoms with van der Waals surface area (Å²) in [6.45, 7) is 8.07. The number of ether oxygens (including phenoxy) is 1. The second-order valence-corrected chi connectivity index (χ2v) is 6.16. The van der Waals surface area contributed by atoms with Crippen molar-refractivity contribution < 1.29 is 14.6 Å². The Balaban J connectivity index is 2.35. The van der Waals surface area contributed by atoms with Crippen molar-refractivity contribution in [2.24, 2.45) is 5.92 Å². The van der Waals surface area contributed by atoms with Crippen molar-refractivity contribution in [1.29, 1.82) is 0 Å². The van der Waals surface area contributed by atoms with Crippen LogP contribution < -0.4 is 5.32 Å². The van der Waals surface area contributed by atoms with Crippen molar-refractivity contribution in [3.63, 3.8) is 0 Å². The zero-order chi connectivity index (χ0) is 15.0. The van der Waals surface area contributed by atoms with Crippen LogP contribution >= 0.6 is 0 Å². The lowest BCUT2D eigenvalue weighted by atomic mass is 9.96. The first kappa shape index (κ1) is 17.4. The number of aliphatic carboxylic acids is 1. The molecule has 0 amide bonds. The van der Waals surface area contributed by atoms with Gasteiger partial charge in [-0.2, -0.15) is 0 Å². The maximum atomic E-state index is 11.4. The Bertz CT molecular complexity index is 293. The van der Waals surface area contributed by atoms with Crippen LogP contribution in [0.3, 0.4) is 0 Å². The van der Waals surface area contributed by atoms with E-state index >= 15 is 0 Å². The largest absolute Gasteiger partial charge is 0.480 e. The van der Waals surface area contributed by atoms with Crippen molar-refractivity contribution in [3.8, 4) is 0 Å². The molecule has 1 aliphatic heterocycles. The molecule has 1 aliphatic rings. The number of rotatable bonds is 9. The lowest BCUT2D eigenvalue weighted by Gasteiger charge is -2.31. The molecular formula is C15H30N2O3. The standard InChI is InChI=1S/C15H30N2O3/c1-4-8-16-15(2,14(18)19)7-9-17(3)11-13-6-5-10-20-12-13/h13,16H,4-12H2,1-3H3,(H,18,19). The van der Waals surface area contributed by atoms with Gasteiger partial charge < -0.3 is 20.1 Å². The second-order valence-electron chi connectivity index (χ2n) is 6.16. The molecule has 0 aliphatic carbocycles. The molecule has 1 heterocycles. The van der Waals surface area contributed by atoms with Gasteiger partial charge in [0.2, 0.25) is 0 Å². The summed E-state index contributed by atoms with van der Waals surface area (Å²) in [6, 6.07) is 0. The Hall–Kier alpha value is -0.650. The predicted octanol–water partition coefficient (Wildman–Crippen LogP) is 1.58. The molecule has 5 heteroatoms. The molecule has 0 aromatic heterocycles. The third-order valence-corrected chi connectivity index (χ3v) is 4.06. The van der Waals surface area contributed by atoms with Crippen LogP contribution in [-0.2, 0) is 9.53 Å². The van der Waals surface area contributed by atoms with Crippen LogP contribution in [0.25, 0.3) is 0 Å². The summed E-state index contributed by atoms with van der Waals surface area (Å²) >= 11 is 0. The Morgan fingerprint density at radius 1 is 1.55 bits per heavy atom. The third-order valence-electron chi connectivity index (χ3n) is 4.06. The number of hydrogen-bond acceptors (Lipinski definition) is 4. The average Bonchev–Trinajstić information content (AvgIpc) is 2.44. The minimum atomic E-state index is -0.826. The molecule has 2 N–H and O–H groups in total. The van der Waals surface area contributed by atoms with Crippen LogP contribution in [0.1, 0.15) is 39.5 Å². The molecule has 0 aromatic rings. The molecule has 0 radical (unpaired) electrons. The molecule has 5 nitrogen and oxygen atoms in total. The van der Waals surface area contributed by atoms with Gasteiger partial charge in [0, 0.05) is 19.7 Å². The molecular weight excluding hydrogens is 256 g/mol. The van der Waals surface area contributed by atoms with Gasteiger partial charge in [-0.25, -0.2) is 0 Å². The van der Waals surface area contributed by atoms with E-state index in [2.05, 4.69) is 17.3 Å². The highest BCUT2D eigenvalue weighted by Crippen LogP contribution is 2.16. The van der Waals surface area contributed by atoms with Gasteiger partial charge in [-0.05, 0) is 52.1 Å². The molecule has 118 valence electrons. The summed E-state index contributed by atoms with van der Waals surface area (Å²) in [5.41, 5.74) is -0.826. The highest BCUT2D eigenvalue weighted by molar-refractivity contribution is 5.78. The molecule has 1 fully saturated rings. The van der Waals surface area contributed by atoms with Crippen molar-refractivity contribution in [1.82, 2.24) is 10.2 Å². The first-order valence-electron chi connectivity index (χ1n) is 7.72. The Kier molecular flexibility index (Phi) is 7.48. The molecule has 0 spiro atoms. The van der Waals surface area contributed by atoms with E-state index in [-0.39, 0.29) is 0 Å².